The molecule has 2 N–H and O–H groups in total. The highest BCUT2D eigenvalue weighted by molar-refractivity contribution is 5.58. The molecule has 122 valence electrons. The van der Waals surface area contributed by atoms with Crippen LogP contribution in [0.3, 0.4) is 0 Å². The molecule has 0 bridgehead atoms. The molecule has 0 spiro atoms. The molecule has 0 fully saturated rings. The number of benzene rings is 2. The maximum absolute atomic E-state index is 13.6. The van der Waals surface area contributed by atoms with Crippen molar-refractivity contribution in [3.63, 3.8) is 0 Å². The Hall–Kier alpha value is -3.02. The first kappa shape index (κ1) is 15.9. The molecule has 0 atom stereocenters. The van der Waals surface area contributed by atoms with Gasteiger partial charge in [0.2, 0.25) is 0 Å². The fourth-order valence-electron chi connectivity index (χ4n) is 2.23. The van der Waals surface area contributed by atoms with Crippen molar-refractivity contribution in [1.82, 2.24) is 9.97 Å². The van der Waals surface area contributed by atoms with Crippen molar-refractivity contribution in [1.29, 1.82) is 0 Å². The Balaban J connectivity index is 1.59. The van der Waals surface area contributed by atoms with Gasteiger partial charge in [-0.2, -0.15) is 0 Å². The van der Waals surface area contributed by atoms with E-state index in [1.165, 1.54) is 24.5 Å². The Labute approximate surface area is 138 Å². The smallest absolute Gasteiger partial charge is 0.135 e. The highest BCUT2D eigenvalue weighted by Crippen LogP contribution is 2.16. The average Bonchev–Trinajstić information content (AvgIpc) is 2.59. The predicted octanol–water partition coefficient (Wildman–Crippen LogP) is 4.15. The molecule has 3 aromatic rings. The number of hydrogen-bond donors (Lipinski definition) is 2. The van der Waals surface area contributed by atoms with Crippen LogP contribution in [0.15, 0.2) is 60.9 Å². The first-order chi connectivity index (χ1) is 11.7. The highest BCUT2D eigenvalue weighted by Gasteiger charge is 2.02. The van der Waals surface area contributed by atoms with Gasteiger partial charge in [-0.05, 0) is 42.3 Å². The zero-order chi connectivity index (χ0) is 16.8. The molecule has 0 saturated carbocycles. The molecule has 3 rings (SSSR count). The maximum Gasteiger partial charge on any atom is 0.135 e. The molecule has 0 unspecified atom stereocenters. The van der Waals surface area contributed by atoms with Crippen LogP contribution in [0.4, 0.5) is 26.1 Å². The Morgan fingerprint density at radius 2 is 1.62 bits per heavy atom. The second-order valence-corrected chi connectivity index (χ2v) is 5.19. The van der Waals surface area contributed by atoms with Crippen LogP contribution >= 0.6 is 0 Å². The van der Waals surface area contributed by atoms with Crippen LogP contribution in [-0.4, -0.2) is 16.5 Å². The van der Waals surface area contributed by atoms with Crippen LogP contribution in [0.1, 0.15) is 5.56 Å². The summed E-state index contributed by atoms with van der Waals surface area (Å²) < 4.78 is 26.5. The second kappa shape index (κ2) is 7.50. The first-order valence-corrected chi connectivity index (χ1v) is 7.52. The summed E-state index contributed by atoms with van der Waals surface area (Å²) in [5, 5.41) is 6.21. The summed E-state index contributed by atoms with van der Waals surface area (Å²) in [5.74, 6) is 0.718. The molecule has 1 aromatic heterocycles. The summed E-state index contributed by atoms with van der Waals surface area (Å²) in [5.41, 5.74) is 1.39. The number of aromatic nitrogens is 2. The SMILES string of the molecule is Fc1ccc(Nc2cc(NCCc3ccccc3F)ncn2)cc1. The number of nitrogens with one attached hydrogen (secondary N) is 2. The summed E-state index contributed by atoms with van der Waals surface area (Å²) in [6.07, 6.45) is 1.98. The van der Waals surface area contributed by atoms with Crippen molar-refractivity contribution in [2.75, 3.05) is 17.2 Å². The minimum absolute atomic E-state index is 0.208. The summed E-state index contributed by atoms with van der Waals surface area (Å²) in [6.45, 7) is 0.550. The number of hydrogen-bond acceptors (Lipinski definition) is 4. The lowest BCUT2D eigenvalue weighted by Gasteiger charge is -2.09. The van der Waals surface area contributed by atoms with Gasteiger partial charge in [0.15, 0.2) is 0 Å². The van der Waals surface area contributed by atoms with E-state index in [1.807, 2.05) is 6.07 Å². The molecule has 1 heterocycles. The van der Waals surface area contributed by atoms with Gasteiger partial charge in [-0.3, -0.25) is 0 Å². The lowest BCUT2D eigenvalue weighted by Crippen LogP contribution is -2.08. The summed E-state index contributed by atoms with van der Waals surface area (Å²) in [6, 6.07) is 14.4. The molecule has 6 heteroatoms. The Morgan fingerprint density at radius 1 is 0.875 bits per heavy atom. The Kier molecular flexibility index (Phi) is 4.96. The molecular formula is C18H16F2N4. The molecule has 2 aromatic carbocycles. The number of halogens is 2. The third-order valence-corrected chi connectivity index (χ3v) is 3.44. The van der Waals surface area contributed by atoms with Gasteiger partial charge in [0.05, 0.1) is 0 Å². The summed E-state index contributed by atoms with van der Waals surface area (Å²) in [4.78, 5) is 8.25. The molecule has 0 aliphatic carbocycles. The van der Waals surface area contributed by atoms with Crippen LogP contribution < -0.4 is 10.6 Å². The second-order valence-electron chi connectivity index (χ2n) is 5.19. The lowest BCUT2D eigenvalue weighted by atomic mass is 10.1. The van der Waals surface area contributed by atoms with E-state index < -0.39 is 0 Å². The van der Waals surface area contributed by atoms with E-state index in [-0.39, 0.29) is 11.6 Å². The van der Waals surface area contributed by atoms with Crippen LogP contribution in [0.25, 0.3) is 0 Å². The molecule has 0 aliphatic rings. The van der Waals surface area contributed by atoms with E-state index in [4.69, 9.17) is 0 Å². The van der Waals surface area contributed by atoms with Crippen molar-refractivity contribution >= 4 is 17.3 Å². The molecule has 0 saturated heterocycles. The average molecular weight is 326 g/mol. The minimum atomic E-state index is -0.293. The van der Waals surface area contributed by atoms with Gasteiger partial charge < -0.3 is 10.6 Å². The lowest BCUT2D eigenvalue weighted by molar-refractivity contribution is 0.610. The van der Waals surface area contributed by atoms with E-state index in [9.17, 15) is 8.78 Å². The van der Waals surface area contributed by atoms with Crippen LogP contribution in [0.2, 0.25) is 0 Å². The summed E-state index contributed by atoms with van der Waals surface area (Å²) >= 11 is 0. The van der Waals surface area contributed by atoms with Crippen molar-refractivity contribution < 1.29 is 8.78 Å². The molecule has 4 nitrogen and oxygen atoms in total. The van der Waals surface area contributed by atoms with Gasteiger partial charge in [0, 0.05) is 18.3 Å². The van der Waals surface area contributed by atoms with Gasteiger partial charge in [-0.1, -0.05) is 18.2 Å². The Morgan fingerprint density at radius 3 is 2.42 bits per heavy atom. The monoisotopic (exact) mass is 326 g/mol. The first-order valence-electron chi connectivity index (χ1n) is 7.52. The number of anilines is 3. The zero-order valence-electron chi connectivity index (χ0n) is 12.8. The van der Waals surface area contributed by atoms with E-state index in [0.717, 1.165) is 5.69 Å². The number of rotatable bonds is 6. The largest absolute Gasteiger partial charge is 0.370 e. The van der Waals surface area contributed by atoms with Gasteiger partial charge in [-0.15, -0.1) is 0 Å². The molecular weight excluding hydrogens is 310 g/mol. The van der Waals surface area contributed by atoms with Crippen molar-refractivity contribution in [2.24, 2.45) is 0 Å². The quantitative estimate of drug-likeness (QED) is 0.714. The van der Waals surface area contributed by atoms with Crippen LogP contribution in [0, 0.1) is 11.6 Å². The molecule has 0 aliphatic heterocycles. The fraction of sp³-hybridized carbons (Fsp3) is 0.111. The number of nitrogens with zero attached hydrogens (tertiary/aromatic N) is 2. The molecule has 0 radical (unpaired) electrons. The van der Waals surface area contributed by atoms with E-state index >= 15 is 0 Å². The van der Waals surface area contributed by atoms with Crippen molar-refractivity contribution in [3.05, 3.63) is 78.1 Å². The van der Waals surface area contributed by atoms with Crippen LogP contribution in [0.5, 0.6) is 0 Å². The minimum Gasteiger partial charge on any atom is -0.370 e. The Bertz CT molecular complexity index is 806. The van der Waals surface area contributed by atoms with Crippen molar-refractivity contribution in [3.8, 4) is 0 Å². The zero-order valence-corrected chi connectivity index (χ0v) is 12.8. The van der Waals surface area contributed by atoms with E-state index in [0.29, 0.717) is 30.2 Å². The maximum atomic E-state index is 13.6. The third kappa shape index (κ3) is 4.25. The predicted molar refractivity (Wildman–Crippen MR) is 90.3 cm³/mol. The topological polar surface area (TPSA) is 49.8 Å². The fourth-order valence-corrected chi connectivity index (χ4v) is 2.23. The van der Waals surface area contributed by atoms with E-state index in [2.05, 4.69) is 20.6 Å². The molecule has 0 amide bonds. The molecule has 24 heavy (non-hydrogen) atoms. The van der Waals surface area contributed by atoms with Gasteiger partial charge >= 0.3 is 0 Å². The third-order valence-electron chi connectivity index (χ3n) is 3.44. The summed E-state index contributed by atoms with van der Waals surface area (Å²) in [7, 11) is 0. The standard InChI is InChI=1S/C18H16F2N4/c19-14-5-7-15(8-6-14)24-18-11-17(22-12-23-18)21-10-9-13-3-1-2-4-16(13)20/h1-8,11-12H,9-10H2,(H2,21,22,23,24). The normalized spacial score (nSPS) is 10.4. The highest BCUT2D eigenvalue weighted by atomic mass is 19.1. The van der Waals surface area contributed by atoms with Gasteiger partial charge in [0.25, 0.3) is 0 Å². The van der Waals surface area contributed by atoms with Crippen molar-refractivity contribution in [2.45, 2.75) is 6.42 Å². The van der Waals surface area contributed by atoms with Crippen LogP contribution in [-0.2, 0) is 6.42 Å². The van der Waals surface area contributed by atoms with Gasteiger partial charge in [0.1, 0.15) is 29.6 Å². The van der Waals surface area contributed by atoms with Gasteiger partial charge in [-0.25, -0.2) is 18.7 Å². The van der Waals surface area contributed by atoms with E-state index in [1.54, 1.807) is 30.3 Å².